The van der Waals surface area contributed by atoms with Crippen LogP contribution in [0.4, 0.5) is 4.39 Å². The summed E-state index contributed by atoms with van der Waals surface area (Å²) in [4.78, 5) is 20.1. The van der Waals surface area contributed by atoms with Crippen molar-refractivity contribution in [3.63, 3.8) is 0 Å². The zero-order valence-electron chi connectivity index (χ0n) is 20.8. The topological polar surface area (TPSA) is 56.0 Å². The second-order valence-corrected chi connectivity index (χ2v) is 9.51. The Balaban J connectivity index is 1.59. The summed E-state index contributed by atoms with van der Waals surface area (Å²) >= 11 is 0. The Morgan fingerprint density at radius 2 is 1.86 bits per heavy atom. The molecule has 1 amide bonds. The second-order valence-electron chi connectivity index (χ2n) is 9.51. The van der Waals surface area contributed by atoms with Gasteiger partial charge in [0, 0.05) is 49.9 Å². The Kier molecular flexibility index (Phi) is 5.79. The highest BCUT2D eigenvalue weighted by molar-refractivity contribution is 5.99. The van der Waals surface area contributed by atoms with Crippen LogP contribution in [0.15, 0.2) is 48.9 Å². The van der Waals surface area contributed by atoms with Crippen LogP contribution in [0.2, 0.25) is 0 Å². The summed E-state index contributed by atoms with van der Waals surface area (Å²) in [6.45, 7) is 8.99. The maximum Gasteiger partial charge on any atom is 0.254 e. The number of hydrogen-bond donors (Lipinski definition) is 0. The summed E-state index contributed by atoms with van der Waals surface area (Å²) in [6.07, 6.45) is 6.52. The molecule has 0 aliphatic carbocycles. The van der Waals surface area contributed by atoms with Gasteiger partial charge in [0.15, 0.2) is 0 Å². The maximum atomic E-state index is 13.9. The molecule has 0 bridgehead atoms. The third-order valence-corrected chi connectivity index (χ3v) is 7.12. The van der Waals surface area contributed by atoms with E-state index < -0.39 is 0 Å². The molecule has 180 valence electrons. The molecule has 0 saturated carbocycles. The SMILES string of the molecule is Cc1cc([C@H](C)N2CCc3c(cc(Cn4ccnc4C)cc3-c3cn(C)nc3C)C2=O)ccc1F. The number of benzene rings is 2. The van der Waals surface area contributed by atoms with E-state index in [4.69, 9.17) is 0 Å². The van der Waals surface area contributed by atoms with Gasteiger partial charge >= 0.3 is 0 Å². The number of hydrogen-bond acceptors (Lipinski definition) is 3. The van der Waals surface area contributed by atoms with Gasteiger partial charge in [-0.1, -0.05) is 12.1 Å². The Morgan fingerprint density at radius 1 is 1.09 bits per heavy atom. The van der Waals surface area contributed by atoms with E-state index in [1.807, 2.05) is 61.9 Å². The number of carbonyl (C=O) groups is 1. The highest BCUT2D eigenvalue weighted by atomic mass is 19.1. The summed E-state index contributed by atoms with van der Waals surface area (Å²) in [7, 11) is 1.92. The first-order valence-electron chi connectivity index (χ1n) is 11.9. The first kappa shape index (κ1) is 23.0. The Morgan fingerprint density at radius 3 is 2.51 bits per heavy atom. The van der Waals surface area contributed by atoms with Gasteiger partial charge in [0.25, 0.3) is 5.91 Å². The minimum Gasteiger partial charge on any atom is -0.332 e. The molecule has 2 aromatic carbocycles. The average Bonchev–Trinajstić information content (AvgIpc) is 3.38. The van der Waals surface area contributed by atoms with E-state index in [-0.39, 0.29) is 17.8 Å². The van der Waals surface area contributed by atoms with E-state index >= 15 is 0 Å². The number of halogens is 1. The molecule has 2 aromatic heterocycles. The van der Waals surface area contributed by atoms with Crippen LogP contribution in [0, 0.1) is 26.6 Å². The summed E-state index contributed by atoms with van der Waals surface area (Å²) in [5.74, 6) is 0.704. The van der Waals surface area contributed by atoms with Gasteiger partial charge in [-0.15, -0.1) is 0 Å². The molecule has 4 aromatic rings. The molecule has 0 unspecified atom stereocenters. The molecule has 0 saturated heterocycles. The van der Waals surface area contributed by atoms with Gasteiger partial charge in [-0.2, -0.15) is 5.10 Å². The zero-order chi connectivity index (χ0) is 24.9. The van der Waals surface area contributed by atoms with Crippen molar-refractivity contribution in [3.05, 3.63) is 94.1 Å². The van der Waals surface area contributed by atoms with Crippen molar-refractivity contribution < 1.29 is 9.18 Å². The van der Waals surface area contributed by atoms with Crippen LogP contribution < -0.4 is 0 Å². The lowest BCUT2D eigenvalue weighted by molar-refractivity contribution is 0.0673. The molecule has 0 spiro atoms. The standard InChI is InChI=1S/C28H30FN5O/c1-17-12-22(6-7-27(17)29)19(3)34-10-8-23-24(26-16-32(5)31-18(26)2)13-21(14-25(23)28(34)35)15-33-11-9-30-20(33)4/h6-7,9,11-14,16,19H,8,10,15H2,1-5H3/t19-/m0/s1. The fraction of sp³-hybridized carbons (Fsp3) is 0.321. The third-order valence-electron chi connectivity index (χ3n) is 7.12. The normalized spacial score (nSPS) is 14.3. The molecule has 35 heavy (non-hydrogen) atoms. The van der Waals surface area contributed by atoms with Crippen molar-refractivity contribution in [2.75, 3.05) is 6.54 Å². The number of rotatable bonds is 5. The van der Waals surface area contributed by atoms with E-state index in [2.05, 4.69) is 20.7 Å². The van der Waals surface area contributed by atoms with Gasteiger partial charge in [-0.25, -0.2) is 9.37 Å². The number of fused-ring (bicyclic) bond motifs is 1. The van der Waals surface area contributed by atoms with E-state index in [0.29, 0.717) is 18.7 Å². The first-order valence-corrected chi connectivity index (χ1v) is 11.9. The van der Waals surface area contributed by atoms with Crippen molar-refractivity contribution in [3.8, 4) is 11.1 Å². The van der Waals surface area contributed by atoms with Gasteiger partial charge < -0.3 is 9.47 Å². The van der Waals surface area contributed by atoms with E-state index in [0.717, 1.165) is 51.3 Å². The van der Waals surface area contributed by atoms with Crippen LogP contribution in [0.5, 0.6) is 0 Å². The fourth-order valence-electron chi connectivity index (χ4n) is 5.12. The van der Waals surface area contributed by atoms with Gasteiger partial charge in [0.05, 0.1) is 11.7 Å². The molecule has 0 N–H and O–H groups in total. The van der Waals surface area contributed by atoms with Crippen molar-refractivity contribution in [1.29, 1.82) is 0 Å². The summed E-state index contributed by atoms with van der Waals surface area (Å²) in [6, 6.07) is 9.17. The average molecular weight is 472 g/mol. The third kappa shape index (κ3) is 4.16. The minimum atomic E-state index is -0.229. The van der Waals surface area contributed by atoms with Crippen molar-refractivity contribution in [1.82, 2.24) is 24.2 Å². The summed E-state index contributed by atoms with van der Waals surface area (Å²) in [5.41, 5.74) is 7.43. The molecular formula is C28H30FN5O. The molecule has 7 heteroatoms. The van der Waals surface area contributed by atoms with Crippen molar-refractivity contribution in [2.45, 2.75) is 46.7 Å². The quantitative estimate of drug-likeness (QED) is 0.404. The van der Waals surface area contributed by atoms with Gasteiger partial charge in [0.2, 0.25) is 0 Å². The zero-order valence-corrected chi connectivity index (χ0v) is 20.8. The van der Waals surface area contributed by atoms with Crippen LogP contribution >= 0.6 is 0 Å². The largest absolute Gasteiger partial charge is 0.332 e. The molecule has 3 heterocycles. The molecule has 6 nitrogen and oxygen atoms in total. The van der Waals surface area contributed by atoms with Crippen LogP contribution in [0.3, 0.4) is 0 Å². The molecule has 1 aliphatic rings. The minimum absolute atomic E-state index is 0.00715. The highest BCUT2D eigenvalue weighted by Gasteiger charge is 2.31. The van der Waals surface area contributed by atoms with E-state index in [9.17, 15) is 9.18 Å². The molecule has 5 rings (SSSR count). The van der Waals surface area contributed by atoms with Crippen molar-refractivity contribution >= 4 is 5.91 Å². The predicted molar refractivity (Wildman–Crippen MR) is 134 cm³/mol. The first-order chi connectivity index (χ1) is 16.7. The van der Waals surface area contributed by atoms with Gasteiger partial charge in [-0.3, -0.25) is 9.48 Å². The number of carbonyl (C=O) groups excluding carboxylic acids is 1. The molecular weight excluding hydrogens is 441 g/mol. The number of imidazole rings is 1. The second kappa shape index (κ2) is 8.80. The number of aryl methyl sites for hydroxylation is 4. The molecule has 0 radical (unpaired) electrons. The lowest BCUT2D eigenvalue weighted by Crippen LogP contribution is -2.39. The molecule has 1 atom stereocenters. The Labute approximate surface area is 205 Å². The van der Waals surface area contributed by atoms with Crippen molar-refractivity contribution in [2.24, 2.45) is 7.05 Å². The van der Waals surface area contributed by atoms with Gasteiger partial charge in [0.1, 0.15) is 11.6 Å². The van der Waals surface area contributed by atoms with Crippen LogP contribution in [0.1, 0.15) is 57.1 Å². The Bertz CT molecular complexity index is 1430. The monoisotopic (exact) mass is 471 g/mol. The smallest absolute Gasteiger partial charge is 0.254 e. The van der Waals surface area contributed by atoms with Crippen LogP contribution in [-0.4, -0.2) is 36.7 Å². The number of aromatic nitrogens is 4. The predicted octanol–water partition coefficient (Wildman–Crippen LogP) is 5.16. The lowest BCUT2D eigenvalue weighted by atomic mass is 9.87. The van der Waals surface area contributed by atoms with Crippen LogP contribution in [0.25, 0.3) is 11.1 Å². The maximum absolute atomic E-state index is 13.9. The molecule has 0 fully saturated rings. The van der Waals surface area contributed by atoms with E-state index in [1.54, 1.807) is 19.2 Å². The molecule has 1 aliphatic heterocycles. The fourth-order valence-corrected chi connectivity index (χ4v) is 5.12. The summed E-state index contributed by atoms with van der Waals surface area (Å²) < 4.78 is 17.8. The number of amides is 1. The summed E-state index contributed by atoms with van der Waals surface area (Å²) in [5, 5.41) is 4.55. The Hall–Kier alpha value is -3.74. The lowest BCUT2D eigenvalue weighted by Gasteiger charge is -2.35. The van der Waals surface area contributed by atoms with Crippen LogP contribution in [-0.2, 0) is 20.0 Å². The van der Waals surface area contributed by atoms with Gasteiger partial charge in [-0.05, 0) is 80.1 Å². The number of nitrogens with zero attached hydrogens (tertiary/aromatic N) is 5. The van der Waals surface area contributed by atoms with E-state index in [1.165, 1.54) is 6.07 Å². The highest BCUT2D eigenvalue weighted by Crippen LogP contribution is 2.36.